The van der Waals surface area contributed by atoms with E-state index < -0.39 is 17.8 Å². The lowest BCUT2D eigenvalue weighted by Crippen LogP contribution is -2.15. The topological polar surface area (TPSA) is 128 Å². The quantitative estimate of drug-likeness (QED) is 0.522. The van der Waals surface area contributed by atoms with E-state index >= 15 is 0 Å². The molecule has 10 nitrogen and oxygen atoms in total. The second kappa shape index (κ2) is 8.15. The molecule has 1 aliphatic heterocycles. The van der Waals surface area contributed by atoms with Crippen LogP contribution in [0.25, 0.3) is 6.08 Å². The molecule has 10 heteroatoms. The summed E-state index contributed by atoms with van der Waals surface area (Å²) in [5.74, 6) is -1.32. The summed E-state index contributed by atoms with van der Waals surface area (Å²) in [6, 6.07) is 0. The molecule has 2 aliphatic rings. The number of carbonyl (C=O) groups is 3. The van der Waals surface area contributed by atoms with Gasteiger partial charge < -0.3 is 23.9 Å². The second-order valence-electron chi connectivity index (χ2n) is 6.13. The standard InChI is InChI=1S/C18H21N3O7/c1-4-27-16-10(8-13(22)25-2)14(18(24)26-3)12(19-16)7-11-15(23)20-21-17(11)28-9-5-6-9/h7,9,19H,4-6,8H2,1-3H3,(H,20,23). The van der Waals surface area contributed by atoms with Crippen LogP contribution in [0, 0.1) is 0 Å². The van der Waals surface area contributed by atoms with Crippen molar-refractivity contribution in [2.75, 3.05) is 20.8 Å². The van der Waals surface area contributed by atoms with E-state index in [1.807, 2.05) is 0 Å². The zero-order valence-corrected chi connectivity index (χ0v) is 15.8. The van der Waals surface area contributed by atoms with Crippen molar-refractivity contribution in [3.8, 4) is 5.88 Å². The van der Waals surface area contributed by atoms with Gasteiger partial charge in [0.1, 0.15) is 11.7 Å². The van der Waals surface area contributed by atoms with E-state index in [4.69, 9.17) is 18.9 Å². The maximum Gasteiger partial charge on any atom is 0.340 e. The van der Waals surface area contributed by atoms with Gasteiger partial charge >= 0.3 is 11.9 Å². The number of amides is 1. The largest absolute Gasteiger partial charge is 0.479 e. The maximum atomic E-state index is 12.4. The Kier molecular flexibility index (Phi) is 5.67. The van der Waals surface area contributed by atoms with E-state index in [9.17, 15) is 14.4 Å². The van der Waals surface area contributed by atoms with Crippen LogP contribution in [0.2, 0.25) is 0 Å². The lowest BCUT2D eigenvalue weighted by atomic mass is 10.1. The number of rotatable bonds is 7. The Morgan fingerprint density at radius 2 is 2.00 bits per heavy atom. The number of methoxy groups -OCH3 is 2. The molecule has 0 unspecified atom stereocenters. The fraction of sp³-hybridized carbons (Fsp3) is 0.444. The highest BCUT2D eigenvalue weighted by Gasteiger charge is 2.33. The Morgan fingerprint density at radius 3 is 2.61 bits per heavy atom. The molecule has 28 heavy (non-hydrogen) atoms. The number of H-pyrrole nitrogens is 1. The summed E-state index contributed by atoms with van der Waals surface area (Å²) in [5.41, 5.74) is 3.11. The number of nitrogens with zero attached hydrogens (tertiary/aromatic N) is 1. The van der Waals surface area contributed by atoms with Gasteiger partial charge in [-0.25, -0.2) is 10.2 Å². The van der Waals surface area contributed by atoms with E-state index in [0.717, 1.165) is 12.8 Å². The first-order valence-corrected chi connectivity index (χ1v) is 8.78. The molecule has 1 aliphatic carbocycles. The Morgan fingerprint density at radius 1 is 1.25 bits per heavy atom. The van der Waals surface area contributed by atoms with Crippen molar-refractivity contribution < 1.29 is 33.3 Å². The van der Waals surface area contributed by atoms with Crippen molar-refractivity contribution in [2.45, 2.75) is 32.3 Å². The summed E-state index contributed by atoms with van der Waals surface area (Å²) in [4.78, 5) is 39.4. The molecule has 1 aromatic rings. The molecule has 0 atom stereocenters. The van der Waals surface area contributed by atoms with Crippen molar-refractivity contribution in [3.05, 3.63) is 22.4 Å². The number of hydrogen-bond acceptors (Lipinski definition) is 8. The van der Waals surface area contributed by atoms with Gasteiger partial charge in [0.2, 0.25) is 5.90 Å². The molecule has 2 N–H and O–H groups in total. The third-order valence-corrected chi connectivity index (χ3v) is 4.15. The number of carbonyl (C=O) groups excluding carboxylic acids is 3. The molecule has 1 aromatic heterocycles. The summed E-state index contributed by atoms with van der Waals surface area (Å²) in [7, 11) is 2.47. The van der Waals surface area contributed by atoms with Crippen LogP contribution in [0.4, 0.5) is 0 Å². The molecule has 1 amide bonds. The summed E-state index contributed by atoms with van der Waals surface area (Å²) in [6.45, 7) is 2.06. The average Bonchev–Trinajstić information content (AvgIpc) is 3.36. The number of ether oxygens (including phenoxy) is 4. The van der Waals surface area contributed by atoms with Crippen LogP contribution in [0.15, 0.2) is 10.7 Å². The zero-order valence-electron chi connectivity index (χ0n) is 15.8. The van der Waals surface area contributed by atoms with Crippen molar-refractivity contribution in [3.63, 3.8) is 0 Å². The fourth-order valence-electron chi connectivity index (χ4n) is 2.66. The Labute approximate surface area is 160 Å². The molecule has 150 valence electrons. The highest BCUT2D eigenvalue weighted by molar-refractivity contribution is 6.25. The predicted octanol–water partition coefficient (Wildman–Crippen LogP) is 0.921. The molecule has 1 fully saturated rings. The second-order valence-corrected chi connectivity index (χ2v) is 6.13. The zero-order chi connectivity index (χ0) is 20.3. The Balaban J connectivity index is 2.06. The minimum absolute atomic E-state index is 0.0347. The fourth-order valence-corrected chi connectivity index (χ4v) is 2.66. The van der Waals surface area contributed by atoms with Crippen LogP contribution < -0.4 is 10.2 Å². The summed E-state index contributed by atoms with van der Waals surface area (Å²) in [5, 5.41) is 3.89. The summed E-state index contributed by atoms with van der Waals surface area (Å²) < 4.78 is 20.7. The molecule has 3 rings (SSSR count). The molecule has 0 radical (unpaired) electrons. The van der Waals surface area contributed by atoms with Crippen LogP contribution in [0.5, 0.6) is 5.88 Å². The van der Waals surface area contributed by atoms with Gasteiger partial charge in [-0.15, -0.1) is 5.10 Å². The number of hydrogen-bond donors (Lipinski definition) is 2. The summed E-state index contributed by atoms with van der Waals surface area (Å²) >= 11 is 0. The average molecular weight is 391 g/mol. The van der Waals surface area contributed by atoms with Gasteiger partial charge in [-0.1, -0.05) is 0 Å². The lowest BCUT2D eigenvalue weighted by molar-refractivity contribution is -0.139. The molecule has 2 heterocycles. The van der Waals surface area contributed by atoms with Gasteiger partial charge in [-0.2, -0.15) is 0 Å². The minimum atomic E-state index is -0.687. The van der Waals surface area contributed by atoms with Crippen molar-refractivity contribution in [1.29, 1.82) is 0 Å². The van der Waals surface area contributed by atoms with Gasteiger partial charge in [0.25, 0.3) is 5.91 Å². The van der Waals surface area contributed by atoms with E-state index in [-0.39, 0.29) is 46.7 Å². The van der Waals surface area contributed by atoms with Gasteiger partial charge in [-0.3, -0.25) is 9.59 Å². The lowest BCUT2D eigenvalue weighted by Gasteiger charge is -2.06. The SMILES string of the molecule is CCOc1[nH]c(C=C2C(=O)NN=C2OC2CC2)c(C(=O)OC)c1CC(=O)OC. The number of aromatic nitrogens is 1. The number of hydrazone groups is 1. The Hall–Kier alpha value is -3.30. The normalized spacial score (nSPS) is 17.2. The molecule has 1 saturated carbocycles. The molecular weight excluding hydrogens is 370 g/mol. The number of aromatic amines is 1. The van der Waals surface area contributed by atoms with Gasteiger partial charge in [-0.05, 0) is 25.8 Å². The van der Waals surface area contributed by atoms with Crippen molar-refractivity contribution in [1.82, 2.24) is 10.4 Å². The molecule has 0 bridgehead atoms. The first kappa shape index (κ1) is 19.5. The smallest absolute Gasteiger partial charge is 0.340 e. The van der Waals surface area contributed by atoms with Gasteiger partial charge in [0.05, 0.1) is 38.5 Å². The number of nitrogens with one attached hydrogen (secondary N) is 2. The summed E-state index contributed by atoms with van der Waals surface area (Å²) in [6.07, 6.45) is 3.05. The predicted molar refractivity (Wildman–Crippen MR) is 96.7 cm³/mol. The van der Waals surface area contributed by atoms with Crippen molar-refractivity contribution in [2.24, 2.45) is 5.10 Å². The van der Waals surface area contributed by atoms with Gasteiger partial charge in [0, 0.05) is 5.56 Å². The Bertz CT molecular complexity index is 865. The van der Waals surface area contributed by atoms with E-state index in [0.29, 0.717) is 6.61 Å². The first-order chi connectivity index (χ1) is 13.5. The third kappa shape index (κ3) is 4.00. The van der Waals surface area contributed by atoms with Crippen molar-refractivity contribution >= 4 is 29.8 Å². The maximum absolute atomic E-state index is 12.4. The molecule has 0 saturated heterocycles. The van der Waals surface area contributed by atoms with Crippen LogP contribution >= 0.6 is 0 Å². The number of esters is 2. The van der Waals surface area contributed by atoms with Crippen LogP contribution in [0.3, 0.4) is 0 Å². The molecule has 0 spiro atoms. The highest BCUT2D eigenvalue weighted by Crippen LogP contribution is 2.31. The third-order valence-electron chi connectivity index (χ3n) is 4.15. The monoisotopic (exact) mass is 391 g/mol. The highest BCUT2D eigenvalue weighted by atomic mass is 16.5. The minimum Gasteiger partial charge on any atom is -0.479 e. The first-order valence-electron chi connectivity index (χ1n) is 8.78. The van der Waals surface area contributed by atoms with E-state index in [2.05, 4.69) is 15.5 Å². The molecular formula is C18H21N3O7. The van der Waals surface area contributed by atoms with Gasteiger partial charge in [0.15, 0.2) is 5.88 Å². The molecule has 0 aromatic carbocycles. The van der Waals surface area contributed by atoms with Crippen LogP contribution in [0.1, 0.15) is 41.4 Å². The van der Waals surface area contributed by atoms with Crippen LogP contribution in [-0.2, 0) is 30.2 Å². The van der Waals surface area contributed by atoms with Crippen LogP contribution in [-0.4, -0.2) is 55.7 Å². The van der Waals surface area contributed by atoms with E-state index in [1.165, 1.54) is 20.3 Å². The van der Waals surface area contributed by atoms with E-state index in [1.54, 1.807) is 6.92 Å².